The fourth-order valence-corrected chi connectivity index (χ4v) is 5.71. The van der Waals surface area contributed by atoms with Gasteiger partial charge in [0.05, 0.1) is 14.6 Å². The number of piperidine rings is 3. The van der Waals surface area contributed by atoms with Gasteiger partial charge in [-0.1, -0.05) is 23.7 Å². The maximum absolute atomic E-state index is 12.9. The summed E-state index contributed by atoms with van der Waals surface area (Å²) in [5.74, 6) is 0.630. The second-order valence-electron chi connectivity index (χ2n) is 7.65. The molecule has 0 radical (unpaired) electrons. The van der Waals surface area contributed by atoms with Crippen LogP contribution < -0.4 is 5.32 Å². The predicted octanol–water partition coefficient (Wildman–Crippen LogP) is 4.89. The summed E-state index contributed by atoms with van der Waals surface area (Å²) in [5, 5.41) is 5.15. The Morgan fingerprint density at radius 2 is 2.00 bits per heavy atom. The van der Waals surface area contributed by atoms with E-state index in [9.17, 15) is 4.79 Å². The first-order valence-corrected chi connectivity index (χ1v) is 9.82. The van der Waals surface area contributed by atoms with Crippen LogP contribution >= 0.6 is 35.3 Å². The van der Waals surface area contributed by atoms with Crippen molar-refractivity contribution in [3.63, 3.8) is 0 Å². The van der Waals surface area contributed by atoms with Crippen LogP contribution in [0.5, 0.6) is 0 Å². The van der Waals surface area contributed by atoms with Crippen molar-refractivity contribution in [2.45, 2.75) is 45.2 Å². The molecule has 0 aliphatic carbocycles. The van der Waals surface area contributed by atoms with Crippen LogP contribution in [-0.4, -0.2) is 35.5 Å². The lowest BCUT2D eigenvalue weighted by Gasteiger charge is -2.56. The average Bonchev–Trinajstić information content (AvgIpc) is 3.00. The number of halogens is 2. The Hall–Kier alpha value is -0.810. The van der Waals surface area contributed by atoms with Crippen molar-refractivity contribution in [3.05, 3.63) is 33.7 Å². The second kappa shape index (κ2) is 6.73. The molecule has 1 atom stereocenters. The van der Waals surface area contributed by atoms with E-state index < -0.39 is 0 Å². The molecule has 1 N–H and O–H groups in total. The van der Waals surface area contributed by atoms with Crippen molar-refractivity contribution in [2.24, 2.45) is 5.92 Å². The molecule has 5 rings (SSSR count). The van der Waals surface area contributed by atoms with Crippen molar-refractivity contribution in [3.8, 4) is 0 Å². The minimum absolute atomic E-state index is 0. The van der Waals surface area contributed by atoms with Crippen molar-refractivity contribution in [2.75, 3.05) is 13.1 Å². The van der Waals surface area contributed by atoms with Gasteiger partial charge in [0.1, 0.15) is 0 Å². The Bertz CT molecular complexity index is 809. The molecule has 136 valence electrons. The highest BCUT2D eigenvalue weighted by Crippen LogP contribution is 2.39. The number of carbonyl (C=O) groups excluding carboxylic acids is 1. The zero-order valence-corrected chi connectivity index (χ0v) is 17.2. The fourth-order valence-electron chi connectivity index (χ4n) is 4.37. The summed E-state index contributed by atoms with van der Waals surface area (Å²) in [7, 11) is 0. The number of benzene rings is 1. The SMILES string of the molecule is Cc1ccc2cc(C(=O)N[C@@H]3C4CCN(CC4)C3(C)C)sc2c1Cl.Cl. The normalized spacial score (nSPS) is 27.1. The molecule has 3 saturated heterocycles. The fraction of sp³-hybridized carbons (Fsp3) is 0.526. The standard InChI is InChI=1S/C19H23ClN2OS.ClH/c1-11-4-5-13-10-14(24-16(13)15(11)20)18(23)21-17-12-6-8-22(9-7-12)19(17,2)3;/h4-5,10,12,17H,6-9H2,1-3H3,(H,21,23);1H/t17-;/m1./s1. The molecule has 3 nitrogen and oxygen atoms in total. The van der Waals surface area contributed by atoms with Crippen LogP contribution in [0.4, 0.5) is 0 Å². The molecule has 0 saturated carbocycles. The highest BCUT2D eigenvalue weighted by molar-refractivity contribution is 7.21. The number of thiophene rings is 1. The van der Waals surface area contributed by atoms with Gasteiger partial charge in [0.15, 0.2) is 0 Å². The van der Waals surface area contributed by atoms with Crippen LogP contribution in [0.1, 0.15) is 41.9 Å². The molecular formula is C19H24Cl2N2OS. The first-order valence-electron chi connectivity index (χ1n) is 8.62. The van der Waals surface area contributed by atoms with Gasteiger partial charge in [0.25, 0.3) is 5.91 Å². The lowest BCUT2D eigenvalue weighted by molar-refractivity contribution is -0.0377. The van der Waals surface area contributed by atoms with E-state index >= 15 is 0 Å². The van der Waals surface area contributed by atoms with E-state index in [2.05, 4.69) is 24.1 Å². The number of nitrogens with one attached hydrogen (secondary N) is 1. The largest absolute Gasteiger partial charge is 0.346 e. The monoisotopic (exact) mass is 398 g/mol. The maximum atomic E-state index is 12.9. The minimum atomic E-state index is 0. The number of aryl methyl sites for hydroxylation is 1. The predicted molar refractivity (Wildman–Crippen MR) is 108 cm³/mol. The number of rotatable bonds is 2. The highest BCUT2D eigenvalue weighted by Gasteiger charge is 2.48. The molecule has 0 unspecified atom stereocenters. The molecular weight excluding hydrogens is 375 g/mol. The number of hydrogen-bond acceptors (Lipinski definition) is 3. The van der Waals surface area contributed by atoms with Gasteiger partial charge in [-0.25, -0.2) is 0 Å². The smallest absolute Gasteiger partial charge is 0.261 e. The van der Waals surface area contributed by atoms with Gasteiger partial charge in [-0.05, 0) is 69.6 Å². The van der Waals surface area contributed by atoms with Crippen molar-refractivity contribution in [1.29, 1.82) is 0 Å². The summed E-state index contributed by atoms with van der Waals surface area (Å²) < 4.78 is 1.01. The number of nitrogens with zero attached hydrogens (tertiary/aromatic N) is 1. The summed E-state index contributed by atoms with van der Waals surface area (Å²) in [6.07, 6.45) is 2.37. The molecule has 6 heteroatoms. The number of fused-ring (bicyclic) bond motifs is 4. The Morgan fingerprint density at radius 1 is 1.32 bits per heavy atom. The molecule has 3 aliphatic heterocycles. The van der Waals surface area contributed by atoms with E-state index in [4.69, 9.17) is 11.6 Å². The van der Waals surface area contributed by atoms with Crippen molar-refractivity contribution >= 4 is 51.3 Å². The van der Waals surface area contributed by atoms with Gasteiger partial charge in [-0.15, -0.1) is 23.7 Å². The van der Waals surface area contributed by atoms with Crippen LogP contribution in [0.2, 0.25) is 5.02 Å². The van der Waals surface area contributed by atoms with Gasteiger partial charge in [-0.3, -0.25) is 9.69 Å². The molecule has 2 bridgehead atoms. The number of amides is 1. The van der Waals surface area contributed by atoms with E-state index in [1.807, 2.05) is 25.1 Å². The highest BCUT2D eigenvalue weighted by atomic mass is 35.5. The third-order valence-corrected chi connectivity index (χ3v) is 7.68. The third kappa shape index (κ3) is 3.08. The molecule has 4 heterocycles. The van der Waals surface area contributed by atoms with Gasteiger partial charge < -0.3 is 5.32 Å². The van der Waals surface area contributed by atoms with Crippen LogP contribution in [0.15, 0.2) is 18.2 Å². The van der Waals surface area contributed by atoms with E-state index in [0.29, 0.717) is 5.92 Å². The quantitative estimate of drug-likeness (QED) is 0.780. The zero-order valence-electron chi connectivity index (χ0n) is 14.8. The van der Waals surface area contributed by atoms with E-state index in [-0.39, 0.29) is 29.9 Å². The maximum Gasteiger partial charge on any atom is 0.261 e. The van der Waals surface area contributed by atoms with Crippen LogP contribution in [-0.2, 0) is 0 Å². The Balaban J connectivity index is 0.00000182. The van der Waals surface area contributed by atoms with Gasteiger partial charge in [0.2, 0.25) is 0 Å². The van der Waals surface area contributed by atoms with E-state index in [1.54, 1.807) is 0 Å². The molecule has 3 aliphatic rings. The van der Waals surface area contributed by atoms with Gasteiger partial charge >= 0.3 is 0 Å². The second-order valence-corrected chi connectivity index (χ2v) is 9.08. The summed E-state index contributed by atoms with van der Waals surface area (Å²) in [6, 6.07) is 6.24. The molecule has 1 aromatic carbocycles. The van der Waals surface area contributed by atoms with Gasteiger partial charge in [-0.2, -0.15) is 0 Å². The topological polar surface area (TPSA) is 32.3 Å². The first kappa shape index (κ1) is 19.0. The Kier molecular flexibility index (Phi) is 5.11. The molecule has 2 aromatic rings. The molecule has 3 fully saturated rings. The zero-order chi connectivity index (χ0) is 17.1. The summed E-state index contributed by atoms with van der Waals surface area (Å²) in [6.45, 7) is 8.82. The molecule has 1 aromatic heterocycles. The number of carbonyl (C=O) groups is 1. The van der Waals surface area contributed by atoms with Gasteiger partial charge in [0, 0.05) is 11.6 Å². The van der Waals surface area contributed by atoms with Crippen LogP contribution in [0, 0.1) is 12.8 Å². The molecule has 0 spiro atoms. The molecule has 1 amide bonds. The van der Waals surface area contributed by atoms with E-state index in [0.717, 1.165) is 38.6 Å². The first-order chi connectivity index (χ1) is 11.4. The number of hydrogen-bond donors (Lipinski definition) is 1. The summed E-state index contributed by atoms with van der Waals surface area (Å²) in [4.78, 5) is 16.2. The lowest BCUT2D eigenvalue weighted by atomic mass is 9.72. The minimum Gasteiger partial charge on any atom is -0.346 e. The lowest BCUT2D eigenvalue weighted by Crippen LogP contribution is -2.69. The van der Waals surface area contributed by atoms with Crippen LogP contribution in [0.3, 0.4) is 0 Å². The van der Waals surface area contributed by atoms with Crippen molar-refractivity contribution in [1.82, 2.24) is 10.2 Å². The van der Waals surface area contributed by atoms with E-state index in [1.165, 1.54) is 24.2 Å². The average molecular weight is 399 g/mol. The summed E-state index contributed by atoms with van der Waals surface area (Å²) >= 11 is 7.90. The Labute approximate surface area is 164 Å². The van der Waals surface area contributed by atoms with Crippen LogP contribution in [0.25, 0.3) is 10.1 Å². The van der Waals surface area contributed by atoms with Crippen molar-refractivity contribution < 1.29 is 4.79 Å². The summed E-state index contributed by atoms with van der Waals surface area (Å²) in [5.41, 5.74) is 1.08. The third-order valence-electron chi connectivity index (χ3n) is 5.92. The Morgan fingerprint density at radius 3 is 2.64 bits per heavy atom. The molecule has 25 heavy (non-hydrogen) atoms.